The average Bonchev–Trinajstić information content (AvgIpc) is 3.12. The third-order valence-electron chi connectivity index (χ3n) is 3.43. The molecule has 2 amide bonds. The van der Waals surface area contributed by atoms with E-state index >= 15 is 0 Å². The molecular weight excluding hydrogens is 390 g/mol. The zero-order chi connectivity index (χ0) is 20.7. The van der Waals surface area contributed by atoms with Gasteiger partial charge in [-0.05, 0) is 18.2 Å². The smallest absolute Gasteiger partial charge is 0.324 e. The predicted octanol–water partition coefficient (Wildman–Crippen LogP) is 1.71. The van der Waals surface area contributed by atoms with Crippen LogP contribution in [0.1, 0.15) is 15.2 Å². The first-order chi connectivity index (χ1) is 13.3. The maximum Gasteiger partial charge on any atom is 0.324 e. The highest BCUT2D eigenvalue weighted by Crippen LogP contribution is 2.25. The van der Waals surface area contributed by atoms with Crippen molar-refractivity contribution in [2.45, 2.75) is 0 Å². The standard InChI is InChI=1S/C16H15N5O6S/c17-15-11(2-1-3-12(15)20(24)25)16(23)19-9-8-18-13(22)6-4-10-5-7-14(28-10)21(26)27/h1-7H,8-9,17H2,(H,18,22)(H,19,23)/b6-4+. The topological polar surface area (TPSA) is 170 Å². The van der Waals surface area contributed by atoms with Gasteiger partial charge in [0.1, 0.15) is 5.69 Å². The lowest BCUT2D eigenvalue weighted by atomic mass is 10.1. The second-order valence-corrected chi connectivity index (χ2v) is 6.40. The Hall–Kier alpha value is -3.80. The van der Waals surface area contributed by atoms with Crippen molar-refractivity contribution in [1.82, 2.24) is 10.6 Å². The van der Waals surface area contributed by atoms with Gasteiger partial charge in [-0.25, -0.2) is 0 Å². The Morgan fingerprint density at radius 1 is 1.07 bits per heavy atom. The summed E-state index contributed by atoms with van der Waals surface area (Å²) >= 11 is 0.935. The lowest BCUT2D eigenvalue weighted by molar-refractivity contribution is -0.383. The minimum absolute atomic E-state index is 0.0248. The number of carbonyl (C=O) groups is 2. The molecule has 4 N–H and O–H groups in total. The summed E-state index contributed by atoms with van der Waals surface area (Å²) < 4.78 is 0. The van der Waals surface area contributed by atoms with E-state index in [1.54, 1.807) is 0 Å². The number of carbonyl (C=O) groups excluding carboxylic acids is 2. The van der Waals surface area contributed by atoms with Crippen molar-refractivity contribution in [3.05, 3.63) is 67.1 Å². The third kappa shape index (κ3) is 5.35. The van der Waals surface area contributed by atoms with Gasteiger partial charge in [-0.1, -0.05) is 17.4 Å². The van der Waals surface area contributed by atoms with E-state index in [-0.39, 0.29) is 35.0 Å². The van der Waals surface area contributed by atoms with Crippen LogP contribution in [-0.2, 0) is 4.79 Å². The first-order valence-corrected chi connectivity index (χ1v) is 8.62. The molecule has 12 heteroatoms. The van der Waals surface area contributed by atoms with Crippen LogP contribution in [0.25, 0.3) is 6.08 Å². The van der Waals surface area contributed by atoms with Gasteiger partial charge in [0, 0.05) is 36.2 Å². The summed E-state index contributed by atoms with van der Waals surface area (Å²) in [6.07, 6.45) is 2.66. The number of rotatable bonds is 8. The fourth-order valence-corrected chi connectivity index (χ4v) is 2.84. The van der Waals surface area contributed by atoms with Crippen LogP contribution in [0.4, 0.5) is 16.4 Å². The van der Waals surface area contributed by atoms with E-state index in [9.17, 15) is 29.8 Å². The number of thiophene rings is 1. The number of hydrogen-bond donors (Lipinski definition) is 3. The quantitative estimate of drug-likeness (QED) is 0.197. The van der Waals surface area contributed by atoms with Crippen molar-refractivity contribution in [3.63, 3.8) is 0 Å². The van der Waals surface area contributed by atoms with Crippen LogP contribution in [0, 0.1) is 20.2 Å². The Labute approximate surface area is 162 Å². The molecular formula is C16H15N5O6S. The van der Waals surface area contributed by atoms with Crippen LogP contribution >= 0.6 is 11.3 Å². The normalized spacial score (nSPS) is 10.6. The monoisotopic (exact) mass is 405 g/mol. The number of anilines is 1. The van der Waals surface area contributed by atoms with Crippen LogP contribution in [0.3, 0.4) is 0 Å². The number of nitrogen functional groups attached to an aromatic ring is 1. The van der Waals surface area contributed by atoms with Gasteiger partial charge in [-0.15, -0.1) is 0 Å². The molecule has 0 fully saturated rings. The minimum Gasteiger partial charge on any atom is -0.393 e. The Kier molecular flexibility index (Phi) is 6.76. The molecule has 0 aliphatic carbocycles. The summed E-state index contributed by atoms with van der Waals surface area (Å²) in [5.41, 5.74) is 5.01. The van der Waals surface area contributed by atoms with E-state index in [4.69, 9.17) is 5.73 Å². The van der Waals surface area contributed by atoms with Gasteiger partial charge in [0.25, 0.3) is 11.6 Å². The van der Waals surface area contributed by atoms with Gasteiger partial charge >= 0.3 is 5.00 Å². The molecule has 146 valence electrons. The third-order valence-corrected chi connectivity index (χ3v) is 4.43. The summed E-state index contributed by atoms with van der Waals surface area (Å²) in [6, 6.07) is 6.78. The first-order valence-electron chi connectivity index (χ1n) is 7.81. The average molecular weight is 405 g/mol. The Morgan fingerprint density at radius 3 is 2.43 bits per heavy atom. The highest BCUT2D eigenvalue weighted by atomic mass is 32.1. The number of nitro benzene ring substituents is 1. The van der Waals surface area contributed by atoms with E-state index in [2.05, 4.69) is 10.6 Å². The Bertz CT molecular complexity index is 955. The zero-order valence-corrected chi connectivity index (χ0v) is 15.1. The number of nitrogens with zero attached hydrogens (tertiary/aromatic N) is 2. The number of benzene rings is 1. The molecule has 28 heavy (non-hydrogen) atoms. The molecule has 1 heterocycles. The molecule has 2 rings (SSSR count). The van der Waals surface area contributed by atoms with Gasteiger partial charge in [0.15, 0.2) is 0 Å². The van der Waals surface area contributed by atoms with Crippen LogP contribution < -0.4 is 16.4 Å². The molecule has 0 atom stereocenters. The van der Waals surface area contributed by atoms with E-state index in [0.29, 0.717) is 4.88 Å². The van der Waals surface area contributed by atoms with Gasteiger partial charge in [0.2, 0.25) is 5.91 Å². The first kappa shape index (κ1) is 20.5. The lowest BCUT2D eigenvalue weighted by Gasteiger charge is -2.08. The number of nitrogens with one attached hydrogen (secondary N) is 2. The number of hydrogen-bond acceptors (Lipinski definition) is 8. The molecule has 0 saturated heterocycles. The summed E-state index contributed by atoms with van der Waals surface area (Å²) in [4.78, 5) is 44.6. The van der Waals surface area contributed by atoms with E-state index in [0.717, 1.165) is 11.3 Å². The van der Waals surface area contributed by atoms with Gasteiger partial charge < -0.3 is 16.4 Å². The SMILES string of the molecule is Nc1c(C(=O)NCCNC(=O)/C=C/c2ccc([N+](=O)[O-])s2)cccc1[N+](=O)[O-]. The van der Waals surface area contributed by atoms with Crippen molar-refractivity contribution in [1.29, 1.82) is 0 Å². The number of amides is 2. The van der Waals surface area contributed by atoms with Gasteiger partial charge in [-0.3, -0.25) is 29.8 Å². The molecule has 11 nitrogen and oxygen atoms in total. The summed E-state index contributed by atoms with van der Waals surface area (Å²) in [7, 11) is 0. The van der Waals surface area contributed by atoms with Gasteiger partial charge in [-0.2, -0.15) is 0 Å². The van der Waals surface area contributed by atoms with Crippen molar-refractivity contribution in [3.8, 4) is 0 Å². The Balaban J connectivity index is 1.80. The number of nitro groups is 2. The highest BCUT2D eigenvalue weighted by Gasteiger charge is 2.18. The Morgan fingerprint density at radius 2 is 1.79 bits per heavy atom. The second kappa shape index (κ2) is 9.23. The van der Waals surface area contributed by atoms with Crippen LogP contribution in [0.2, 0.25) is 0 Å². The highest BCUT2D eigenvalue weighted by molar-refractivity contribution is 7.16. The van der Waals surface area contributed by atoms with Crippen molar-refractivity contribution in [2.75, 3.05) is 18.8 Å². The van der Waals surface area contributed by atoms with Gasteiger partial charge in [0.05, 0.1) is 15.4 Å². The van der Waals surface area contributed by atoms with Crippen LogP contribution in [0.5, 0.6) is 0 Å². The molecule has 2 aromatic rings. The zero-order valence-electron chi connectivity index (χ0n) is 14.3. The molecule has 0 aliphatic rings. The molecule has 0 spiro atoms. The fraction of sp³-hybridized carbons (Fsp3) is 0.125. The predicted molar refractivity (Wildman–Crippen MR) is 103 cm³/mol. The minimum atomic E-state index is -0.680. The molecule has 0 unspecified atom stereocenters. The maximum absolute atomic E-state index is 12.1. The molecule has 0 saturated carbocycles. The second-order valence-electron chi connectivity index (χ2n) is 5.31. The lowest BCUT2D eigenvalue weighted by Crippen LogP contribution is -2.34. The number of para-hydroxylation sites is 1. The van der Waals surface area contributed by atoms with Crippen molar-refractivity contribution in [2.24, 2.45) is 0 Å². The summed E-state index contributed by atoms with van der Waals surface area (Å²) in [5, 5.41) is 26.4. The van der Waals surface area contributed by atoms with Crippen molar-refractivity contribution < 1.29 is 19.4 Å². The van der Waals surface area contributed by atoms with E-state index < -0.39 is 21.7 Å². The molecule has 1 aromatic carbocycles. The summed E-state index contributed by atoms with van der Waals surface area (Å²) in [5.74, 6) is -1.04. The fourth-order valence-electron chi connectivity index (χ4n) is 2.11. The molecule has 0 radical (unpaired) electrons. The summed E-state index contributed by atoms with van der Waals surface area (Å²) in [6.45, 7) is 0.180. The number of nitrogens with two attached hydrogens (primary N) is 1. The molecule has 0 bridgehead atoms. The molecule has 1 aromatic heterocycles. The van der Waals surface area contributed by atoms with Crippen LogP contribution in [0.15, 0.2) is 36.4 Å². The van der Waals surface area contributed by atoms with E-state index in [1.165, 1.54) is 42.5 Å². The largest absolute Gasteiger partial charge is 0.393 e. The maximum atomic E-state index is 12.1. The van der Waals surface area contributed by atoms with Crippen LogP contribution in [-0.4, -0.2) is 34.8 Å². The van der Waals surface area contributed by atoms with E-state index in [1.807, 2.05) is 0 Å². The molecule has 0 aliphatic heterocycles. The van der Waals surface area contributed by atoms with Crippen molar-refractivity contribution >= 4 is 45.6 Å².